The van der Waals surface area contributed by atoms with Crippen molar-refractivity contribution in [1.29, 1.82) is 0 Å². The van der Waals surface area contributed by atoms with Crippen LogP contribution in [0.15, 0.2) is 11.6 Å². The second kappa shape index (κ2) is 3.70. The Morgan fingerprint density at radius 3 is 2.00 bits per heavy atom. The highest BCUT2D eigenvalue weighted by Crippen LogP contribution is 2.18. The maximum Gasteiger partial charge on any atom is 0.133 e. The van der Waals surface area contributed by atoms with Gasteiger partial charge >= 0.3 is 0 Å². The predicted octanol–water partition coefficient (Wildman–Crippen LogP) is 2.96. The molecule has 0 N–H and O–H groups in total. The number of hydrogen-bond acceptors (Lipinski definition) is 1. The Bertz CT molecular complexity index is 170. The number of hydrogen-bond donors (Lipinski definition) is 0. The molecule has 1 heteroatoms. The molecule has 0 saturated carbocycles. The highest BCUT2D eigenvalue weighted by Gasteiger charge is 2.06. The van der Waals surface area contributed by atoms with Gasteiger partial charge in [-0.3, -0.25) is 4.79 Å². The highest BCUT2D eigenvalue weighted by molar-refractivity contribution is 5.77. The largest absolute Gasteiger partial charge is 0.300 e. The average Bonchev–Trinajstić information content (AvgIpc) is 1.53. The molecule has 0 amide bonds. The Kier molecular flexibility index (Phi) is 3.50. The minimum atomic E-state index is 0.194. The van der Waals surface area contributed by atoms with Crippen molar-refractivity contribution < 1.29 is 4.79 Å². The highest BCUT2D eigenvalue weighted by atomic mass is 16.1. The van der Waals surface area contributed by atoms with Gasteiger partial charge in [0.05, 0.1) is 0 Å². The third-order valence-corrected chi connectivity index (χ3v) is 1.21. The van der Waals surface area contributed by atoms with Crippen LogP contribution in [0.2, 0.25) is 0 Å². The fourth-order valence-corrected chi connectivity index (χ4v) is 1.18. The second-order valence-electron chi connectivity index (χ2n) is 4.24. The lowest BCUT2D eigenvalue weighted by atomic mass is 9.93. The van der Waals surface area contributed by atoms with E-state index in [0.29, 0.717) is 6.42 Å². The van der Waals surface area contributed by atoms with Crippen LogP contribution in [0.3, 0.4) is 0 Å². The zero-order valence-electron chi connectivity index (χ0n) is 8.19. The molecule has 0 spiro atoms. The van der Waals surface area contributed by atoms with Crippen LogP contribution < -0.4 is 0 Å². The molecule has 0 aromatic rings. The van der Waals surface area contributed by atoms with Crippen LogP contribution in [-0.4, -0.2) is 5.78 Å². The van der Waals surface area contributed by atoms with Crippen molar-refractivity contribution >= 4 is 5.78 Å². The number of carbonyl (C=O) groups excluding carboxylic acids is 1. The Morgan fingerprint density at radius 1 is 1.27 bits per heavy atom. The number of ketones is 1. The number of rotatable bonds is 2. The van der Waals surface area contributed by atoms with E-state index in [1.54, 1.807) is 6.92 Å². The van der Waals surface area contributed by atoms with E-state index in [1.165, 1.54) is 5.57 Å². The van der Waals surface area contributed by atoms with E-state index in [0.717, 1.165) is 0 Å². The molecule has 0 saturated heterocycles. The molecule has 0 aliphatic carbocycles. The third-order valence-electron chi connectivity index (χ3n) is 1.21. The third kappa shape index (κ3) is 7.31. The summed E-state index contributed by atoms with van der Waals surface area (Å²) in [5, 5.41) is 0. The van der Waals surface area contributed by atoms with Gasteiger partial charge in [0.15, 0.2) is 0 Å². The van der Waals surface area contributed by atoms with Crippen LogP contribution in [0.1, 0.15) is 41.0 Å². The zero-order valence-corrected chi connectivity index (χ0v) is 8.19. The standard InChI is InChI=1S/C10H18O/c1-8(6-9(2)11)7-10(3,4)5/h7H,6H2,1-5H3/b8-7+. The lowest BCUT2D eigenvalue weighted by molar-refractivity contribution is -0.116. The summed E-state index contributed by atoms with van der Waals surface area (Å²) in [6.07, 6.45) is 2.74. The van der Waals surface area contributed by atoms with Gasteiger partial charge in [0, 0.05) is 6.42 Å². The van der Waals surface area contributed by atoms with E-state index in [9.17, 15) is 4.79 Å². The summed E-state index contributed by atoms with van der Waals surface area (Å²) < 4.78 is 0. The fourth-order valence-electron chi connectivity index (χ4n) is 1.18. The Labute approximate surface area is 69.5 Å². The lowest BCUT2D eigenvalue weighted by Crippen LogP contribution is -2.02. The van der Waals surface area contributed by atoms with E-state index in [-0.39, 0.29) is 11.2 Å². The van der Waals surface area contributed by atoms with Crippen molar-refractivity contribution in [2.24, 2.45) is 5.41 Å². The van der Waals surface area contributed by atoms with E-state index in [1.807, 2.05) is 6.92 Å². The van der Waals surface area contributed by atoms with Crippen LogP contribution in [0.5, 0.6) is 0 Å². The molecule has 11 heavy (non-hydrogen) atoms. The summed E-state index contributed by atoms with van der Waals surface area (Å²) in [6.45, 7) is 10.0. The molecule has 0 heterocycles. The topological polar surface area (TPSA) is 17.1 Å². The van der Waals surface area contributed by atoms with E-state index < -0.39 is 0 Å². The summed E-state index contributed by atoms with van der Waals surface area (Å²) in [5.74, 6) is 0.239. The van der Waals surface area contributed by atoms with Crippen LogP contribution in [-0.2, 0) is 4.79 Å². The fraction of sp³-hybridized carbons (Fsp3) is 0.700. The molecule has 0 radical (unpaired) electrons. The van der Waals surface area contributed by atoms with Crippen LogP contribution in [0.25, 0.3) is 0 Å². The van der Waals surface area contributed by atoms with Gasteiger partial charge in [-0.25, -0.2) is 0 Å². The van der Waals surface area contributed by atoms with Gasteiger partial charge in [-0.1, -0.05) is 32.4 Å². The molecule has 0 atom stereocenters. The molecule has 0 unspecified atom stereocenters. The molecular weight excluding hydrogens is 136 g/mol. The quantitative estimate of drug-likeness (QED) is 0.559. The first-order valence-corrected chi connectivity index (χ1v) is 3.99. The molecule has 64 valence electrons. The predicted molar refractivity (Wildman–Crippen MR) is 48.5 cm³/mol. The number of Topliss-reactive ketones (excluding diaryl/α,β-unsaturated/α-hetero) is 1. The van der Waals surface area contributed by atoms with Crippen LogP contribution in [0, 0.1) is 5.41 Å². The number of carbonyl (C=O) groups is 1. The Balaban J connectivity index is 4.12. The van der Waals surface area contributed by atoms with E-state index in [4.69, 9.17) is 0 Å². The first kappa shape index (κ1) is 10.4. The van der Waals surface area contributed by atoms with E-state index >= 15 is 0 Å². The van der Waals surface area contributed by atoms with Crippen molar-refractivity contribution in [3.8, 4) is 0 Å². The van der Waals surface area contributed by atoms with Gasteiger partial charge < -0.3 is 0 Å². The summed E-state index contributed by atoms with van der Waals surface area (Å²) in [7, 11) is 0. The first-order chi connectivity index (χ1) is 4.81. The minimum absolute atomic E-state index is 0.194. The molecule has 0 aliphatic rings. The van der Waals surface area contributed by atoms with Gasteiger partial charge in [-0.2, -0.15) is 0 Å². The normalized spacial score (nSPS) is 13.4. The van der Waals surface area contributed by atoms with Crippen LogP contribution in [0.4, 0.5) is 0 Å². The summed E-state index contributed by atoms with van der Waals surface area (Å²) >= 11 is 0. The molecule has 0 bridgehead atoms. The van der Waals surface area contributed by atoms with Gasteiger partial charge in [-0.05, 0) is 19.3 Å². The van der Waals surface area contributed by atoms with Gasteiger partial charge in [0.25, 0.3) is 0 Å². The maximum atomic E-state index is 10.7. The monoisotopic (exact) mass is 154 g/mol. The van der Waals surface area contributed by atoms with Crippen LogP contribution >= 0.6 is 0 Å². The van der Waals surface area contributed by atoms with Gasteiger partial charge in [0.1, 0.15) is 5.78 Å². The lowest BCUT2D eigenvalue weighted by Gasteiger charge is -2.13. The Hall–Kier alpha value is -0.590. The first-order valence-electron chi connectivity index (χ1n) is 3.99. The smallest absolute Gasteiger partial charge is 0.133 e. The van der Waals surface area contributed by atoms with Crippen molar-refractivity contribution in [1.82, 2.24) is 0 Å². The van der Waals surface area contributed by atoms with E-state index in [2.05, 4.69) is 26.8 Å². The van der Waals surface area contributed by atoms with Crippen molar-refractivity contribution in [2.45, 2.75) is 41.0 Å². The molecule has 1 nitrogen and oxygen atoms in total. The molecular formula is C10H18O. The Morgan fingerprint density at radius 2 is 1.73 bits per heavy atom. The average molecular weight is 154 g/mol. The molecule has 0 fully saturated rings. The van der Waals surface area contributed by atoms with Crippen molar-refractivity contribution in [3.63, 3.8) is 0 Å². The van der Waals surface area contributed by atoms with Crippen molar-refractivity contribution in [2.75, 3.05) is 0 Å². The minimum Gasteiger partial charge on any atom is -0.300 e. The summed E-state index contributed by atoms with van der Waals surface area (Å²) in [6, 6.07) is 0. The molecule has 0 rings (SSSR count). The molecule has 0 aliphatic heterocycles. The molecule has 0 aromatic heterocycles. The number of allylic oxidation sites excluding steroid dienone is 2. The van der Waals surface area contributed by atoms with Gasteiger partial charge in [-0.15, -0.1) is 0 Å². The van der Waals surface area contributed by atoms with Gasteiger partial charge in [0.2, 0.25) is 0 Å². The second-order valence-corrected chi connectivity index (χ2v) is 4.24. The summed E-state index contributed by atoms with van der Waals surface area (Å²) in [5.41, 5.74) is 1.37. The van der Waals surface area contributed by atoms with Crippen molar-refractivity contribution in [3.05, 3.63) is 11.6 Å². The molecule has 0 aromatic carbocycles. The zero-order chi connectivity index (χ0) is 9.07. The summed E-state index contributed by atoms with van der Waals surface area (Å²) in [4.78, 5) is 10.7. The maximum absolute atomic E-state index is 10.7. The SMILES string of the molecule is CC(=O)C/C(C)=C/C(C)(C)C.